The van der Waals surface area contributed by atoms with E-state index in [0.717, 1.165) is 45.8 Å². The lowest BCUT2D eigenvalue weighted by molar-refractivity contribution is 0.351. The first-order valence-electron chi connectivity index (χ1n) is 6.83. The fourth-order valence-corrected chi connectivity index (χ4v) is 3.39. The van der Waals surface area contributed by atoms with Gasteiger partial charge >= 0.3 is 0 Å². The van der Waals surface area contributed by atoms with Crippen LogP contribution in [0.2, 0.25) is 5.02 Å². The smallest absolute Gasteiger partial charge is 0.125 e. The third kappa shape index (κ3) is 3.24. The summed E-state index contributed by atoms with van der Waals surface area (Å²) < 4.78 is 6.79. The van der Waals surface area contributed by atoms with Gasteiger partial charge in [-0.1, -0.05) is 39.7 Å². The van der Waals surface area contributed by atoms with Gasteiger partial charge in [0, 0.05) is 15.9 Å². The highest BCUT2D eigenvalue weighted by Crippen LogP contribution is 2.35. The summed E-state index contributed by atoms with van der Waals surface area (Å²) in [5.74, 6) is 6.71. The van der Waals surface area contributed by atoms with E-state index in [1.807, 2.05) is 24.3 Å². The number of benzene rings is 2. The summed E-state index contributed by atoms with van der Waals surface area (Å²) in [4.78, 5) is 0. The molecule has 1 aliphatic rings. The Bertz CT molecular complexity index is 663. The van der Waals surface area contributed by atoms with Crippen molar-refractivity contribution >= 4 is 27.5 Å². The van der Waals surface area contributed by atoms with E-state index < -0.39 is 0 Å². The van der Waals surface area contributed by atoms with Crippen molar-refractivity contribution in [1.82, 2.24) is 5.43 Å². The van der Waals surface area contributed by atoms with Crippen LogP contribution in [0.25, 0.3) is 0 Å². The van der Waals surface area contributed by atoms with E-state index in [-0.39, 0.29) is 6.04 Å². The van der Waals surface area contributed by atoms with E-state index >= 15 is 0 Å². The summed E-state index contributed by atoms with van der Waals surface area (Å²) in [6.07, 6.45) is 1.65. The molecule has 0 spiro atoms. The molecule has 0 amide bonds. The first-order valence-corrected chi connectivity index (χ1v) is 8.00. The second-order valence-electron chi connectivity index (χ2n) is 5.13. The van der Waals surface area contributed by atoms with Crippen LogP contribution in [0.1, 0.15) is 22.7 Å². The molecule has 5 heteroatoms. The molecule has 2 aromatic carbocycles. The zero-order valence-corrected chi connectivity index (χ0v) is 13.7. The maximum Gasteiger partial charge on any atom is 0.125 e. The minimum Gasteiger partial charge on any atom is -0.493 e. The Labute approximate surface area is 137 Å². The number of ether oxygens (including phenoxy) is 1. The van der Waals surface area contributed by atoms with Crippen LogP contribution in [0.4, 0.5) is 0 Å². The summed E-state index contributed by atoms with van der Waals surface area (Å²) >= 11 is 9.70. The van der Waals surface area contributed by atoms with Crippen LogP contribution in [0.5, 0.6) is 5.75 Å². The van der Waals surface area contributed by atoms with E-state index in [9.17, 15) is 0 Å². The Balaban J connectivity index is 1.91. The summed E-state index contributed by atoms with van der Waals surface area (Å²) in [6.45, 7) is 0.723. The predicted molar refractivity (Wildman–Crippen MR) is 88.6 cm³/mol. The predicted octanol–water partition coefficient (Wildman–Crippen LogP) is 3.78. The van der Waals surface area contributed by atoms with Crippen LogP contribution in [-0.4, -0.2) is 6.61 Å². The highest BCUT2D eigenvalue weighted by Gasteiger charge is 2.20. The van der Waals surface area contributed by atoms with Crippen molar-refractivity contribution in [2.75, 3.05) is 6.61 Å². The lowest BCUT2D eigenvalue weighted by Gasteiger charge is -2.18. The normalized spacial score (nSPS) is 14.6. The molecule has 0 saturated heterocycles. The number of hydrogen-bond acceptors (Lipinski definition) is 3. The molecule has 1 aliphatic heterocycles. The van der Waals surface area contributed by atoms with Gasteiger partial charge in [-0.25, -0.2) is 0 Å². The molecular formula is C16H16BrClN2O. The number of hydrazine groups is 1. The van der Waals surface area contributed by atoms with E-state index in [0.29, 0.717) is 0 Å². The molecule has 0 radical (unpaired) electrons. The Morgan fingerprint density at radius 3 is 2.95 bits per heavy atom. The van der Waals surface area contributed by atoms with Gasteiger partial charge in [0.05, 0.1) is 12.6 Å². The van der Waals surface area contributed by atoms with Gasteiger partial charge in [-0.05, 0) is 47.4 Å². The lowest BCUT2D eigenvalue weighted by atomic mass is 9.97. The van der Waals surface area contributed by atoms with Gasteiger partial charge in [-0.15, -0.1) is 0 Å². The Hall–Kier alpha value is -1.07. The van der Waals surface area contributed by atoms with E-state index in [1.165, 1.54) is 5.56 Å². The van der Waals surface area contributed by atoms with Crippen molar-refractivity contribution in [3.63, 3.8) is 0 Å². The summed E-state index contributed by atoms with van der Waals surface area (Å²) in [5.41, 5.74) is 6.29. The second-order valence-corrected chi connectivity index (χ2v) is 6.48. The highest BCUT2D eigenvalue weighted by molar-refractivity contribution is 9.10. The van der Waals surface area contributed by atoms with Crippen molar-refractivity contribution < 1.29 is 4.74 Å². The second kappa shape index (κ2) is 6.36. The maximum absolute atomic E-state index is 6.21. The highest BCUT2D eigenvalue weighted by atomic mass is 79.9. The molecule has 1 atom stereocenters. The van der Waals surface area contributed by atoms with E-state index in [1.54, 1.807) is 0 Å². The number of nitrogens with one attached hydrogen (secondary N) is 1. The van der Waals surface area contributed by atoms with Crippen LogP contribution in [0.15, 0.2) is 40.9 Å². The standard InChI is InChI=1S/C16H16BrClN2O/c17-13-3-1-2-10(6-13)15(20-19)9-12-8-14(18)7-11-4-5-21-16(11)12/h1-3,6-8,15,20H,4-5,9,19H2. The molecule has 110 valence electrons. The Morgan fingerprint density at radius 2 is 2.19 bits per heavy atom. The van der Waals surface area contributed by atoms with Crippen molar-refractivity contribution in [2.45, 2.75) is 18.9 Å². The fourth-order valence-electron chi connectivity index (χ4n) is 2.71. The molecular weight excluding hydrogens is 352 g/mol. The molecule has 0 saturated carbocycles. The largest absolute Gasteiger partial charge is 0.493 e. The van der Waals surface area contributed by atoms with E-state index in [2.05, 4.69) is 33.5 Å². The minimum atomic E-state index is 0.00858. The van der Waals surface area contributed by atoms with Crippen molar-refractivity contribution in [2.24, 2.45) is 5.84 Å². The minimum absolute atomic E-state index is 0.00858. The zero-order valence-electron chi connectivity index (χ0n) is 11.4. The zero-order chi connectivity index (χ0) is 14.8. The van der Waals surface area contributed by atoms with Crippen molar-refractivity contribution in [3.05, 3.63) is 62.6 Å². The third-order valence-electron chi connectivity index (χ3n) is 3.70. The fraction of sp³-hybridized carbons (Fsp3) is 0.250. The molecule has 1 unspecified atom stereocenters. The number of fused-ring (bicyclic) bond motifs is 1. The van der Waals surface area contributed by atoms with E-state index in [4.69, 9.17) is 22.2 Å². The Kier molecular flexibility index (Phi) is 4.50. The lowest BCUT2D eigenvalue weighted by Crippen LogP contribution is -2.29. The summed E-state index contributed by atoms with van der Waals surface area (Å²) in [7, 11) is 0. The number of hydrogen-bond donors (Lipinski definition) is 2. The quantitative estimate of drug-likeness (QED) is 0.638. The third-order valence-corrected chi connectivity index (χ3v) is 4.41. The van der Waals surface area contributed by atoms with Gasteiger partial charge in [0.2, 0.25) is 0 Å². The van der Waals surface area contributed by atoms with Crippen LogP contribution in [-0.2, 0) is 12.8 Å². The molecule has 3 nitrogen and oxygen atoms in total. The number of halogens is 2. The molecule has 3 N–H and O–H groups in total. The topological polar surface area (TPSA) is 47.3 Å². The van der Waals surface area contributed by atoms with Crippen molar-refractivity contribution in [3.8, 4) is 5.75 Å². The molecule has 1 heterocycles. The molecule has 21 heavy (non-hydrogen) atoms. The molecule has 0 bridgehead atoms. The number of rotatable bonds is 4. The summed E-state index contributed by atoms with van der Waals surface area (Å²) in [5, 5.41) is 0.749. The Morgan fingerprint density at radius 1 is 1.33 bits per heavy atom. The first kappa shape index (κ1) is 14.9. The molecule has 2 aromatic rings. The van der Waals surface area contributed by atoms with Gasteiger partial charge < -0.3 is 4.74 Å². The molecule has 3 rings (SSSR count). The maximum atomic E-state index is 6.21. The monoisotopic (exact) mass is 366 g/mol. The van der Waals surface area contributed by atoms with Gasteiger partial charge in [0.15, 0.2) is 0 Å². The summed E-state index contributed by atoms with van der Waals surface area (Å²) in [6, 6.07) is 12.1. The van der Waals surface area contributed by atoms with Gasteiger partial charge in [-0.3, -0.25) is 11.3 Å². The average molecular weight is 368 g/mol. The van der Waals surface area contributed by atoms with Gasteiger partial charge in [0.25, 0.3) is 0 Å². The molecule has 0 aromatic heterocycles. The van der Waals surface area contributed by atoms with Crippen molar-refractivity contribution in [1.29, 1.82) is 0 Å². The van der Waals surface area contributed by atoms with Crippen LogP contribution < -0.4 is 16.0 Å². The van der Waals surface area contributed by atoms with Gasteiger partial charge in [-0.2, -0.15) is 0 Å². The van der Waals surface area contributed by atoms with Gasteiger partial charge in [0.1, 0.15) is 5.75 Å². The van der Waals surface area contributed by atoms with Crippen LogP contribution in [0.3, 0.4) is 0 Å². The SMILES string of the molecule is NNC(Cc1cc(Cl)cc2c1OCC2)c1cccc(Br)c1. The number of nitrogens with two attached hydrogens (primary N) is 1. The van der Waals surface area contributed by atoms with Crippen LogP contribution >= 0.6 is 27.5 Å². The average Bonchev–Trinajstić information content (AvgIpc) is 2.92. The molecule has 0 aliphatic carbocycles. The first-order chi connectivity index (χ1) is 10.2. The van der Waals surface area contributed by atoms with Crippen LogP contribution in [0, 0.1) is 0 Å². The molecule has 0 fully saturated rings.